The first kappa shape index (κ1) is 19.4. The molecule has 0 aliphatic carbocycles. The van der Waals surface area contributed by atoms with Gasteiger partial charge in [0.2, 0.25) is 0 Å². The van der Waals surface area contributed by atoms with Crippen LogP contribution in [0.4, 0.5) is 0 Å². The van der Waals surface area contributed by atoms with Gasteiger partial charge in [-0.3, -0.25) is 0 Å². The average molecular weight is 389 g/mol. The zero-order valence-electron chi connectivity index (χ0n) is 16.3. The third kappa shape index (κ3) is 5.55. The molecule has 2 aromatic rings. The fourth-order valence-electron chi connectivity index (χ4n) is 2.43. The first-order valence-electron chi connectivity index (χ1n) is 8.82. The van der Waals surface area contributed by atoms with E-state index in [1.165, 1.54) is 8.79 Å². The molecule has 0 bridgehead atoms. The van der Waals surface area contributed by atoms with E-state index in [4.69, 9.17) is 0 Å². The van der Waals surface area contributed by atoms with Gasteiger partial charge in [0.25, 0.3) is 0 Å². The van der Waals surface area contributed by atoms with Gasteiger partial charge in [-0.25, -0.2) is 0 Å². The van der Waals surface area contributed by atoms with Crippen molar-refractivity contribution in [2.75, 3.05) is 0 Å². The summed E-state index contributed by atoms with van der Waals surface area (Å²) in [6, 6.07) is 21.4. The SMILES string of the molecule is CC(C)(C)C#[C][Ge]([C]#CC(C)(C)C)([c]1ccccc1)[c]1ccccc1. The molecule has 2 aromatic carbocycles. The normalized spacial score (nSPS) is 11.8. The summed E-state index contributed by atoms with van der Waals surface area (Å²) in [5.74, 6) is 7.05. The number of benzene rings is 2. The maximum atomic E-state index is 3.74. The summed E-state index contributed by atoms with van der Waals surface area (Å²) in [7, 11) is 0. The Bertz CT molecular complexity index is 737. The van der Waals surface area contributed by atoms with Crippen LogP contribution >= 0.6 is 0 Å². The summed E-state index contributed by atoms with van der Waals surface area (Å²) in [5, 5.41) is 0. The van der Waals surface area contributed by atoms with Gasteiger partial charge in [0, 0.05) is 0 Å². The first-order chi connectivity index (χ1) is 11.6. The Morgan fingerprint density at radius 1 is 0.560 bits per heavy atom. The molecule has 0 saturated heterocycles. The summed E-state index contributed by atoms with van der Waals surface area (Å²) in [4.78, 5) is 0. The van der Waals surface area contributed by atoms with Crippen LogP contribution < -0.4 is 8.79 Å². The van der Waals surface area contributed by atoms with Crippen molar-refractivity contribution in [3.63, 3.8) is 0 Å². The molecule has 0 fully saturated rings. The van der Waals surface area contributed by atoms with Crippen molar-refractivity contribution in [2.24, 2.45) is 10.8 Å². The van der Waals surface area contributed by atoms with Crippen molar-refractivity contribution in [3.05, 3.63) is 60.7 Å². The molecule has 0 spiro atoms. The van der Waals surface area contributed by atoms with Crippen LogP contribution in [0.2, 0.25) is 0 Å². The minimum absolute atomic E-state index is 0.0382. The van der Waals surface area contributed by atoms with Gasteiger partial charge in [-0.05, 0) is 0 Å². The van der Waals surface area contributed by atoms with Crippen LogP contribution in [0.1, 0.15) is 41.5 Å². The van der Waals surface area contributed by atoms with Gasteiger partial charge in [-0.15, -0.1) is 0 Å². The topological polar surface area (TPSA) is 0 Å². The predicted molar refractivity (Wildman–Crippen MR) is 112 cm³/mol. The van der Waals surface area contributed by atoms with Crippen LogP contribution in [0.5, 0.6) is 0 Å². The van der Waals surface area contributed by atoms with E-state index in [1.54, 1.807) is 0 Å². The van der Waals surface area contributed by atoms with Crippen molar-refractivity contribution in [1.82, 2.24) is 0 Å². The molecule has 0 amide bonds. The molecular weight excluding hydrogens is 361 g/mol. The fourth-order valence-corrected chi connectivity index (χ4v) is 9.73. The maximum absolute atomic E-state index is 3.74. The van der Waals surface area contributed by atoms with Crippen molar-refractivity contribution < 1.29 is 0 Å². The van der Waals surface area contributed by atoms with Crippen LogP contribution in [-0.4, -0.2) is 13.3 Å². The fraction of sp³-hybridized carbons (Fsp3) is 0.333. The Hall–Kier alpha value is -1.90. The first-order valence-corrected chi connectivity index (χ1v) is 13.0. The minimum atomic E-state index is -3.14. The predicted octanol–water partition coefficient (Wildman–Crippen LogP) is 4.43. The molecule has 0 aliphatic rings. The standard InChI is InChI=1S/C24H28Ge/c1-23(2,3)17-19-25(20-18-24(4,5)6,21-13-9-7-10-14-21)22-15-11-8-12-16-22/h7-16H,1-6H3. The molecule has 0 aliphatic heterocycles. The van der Waals surface area contributed by atoms with Crippen molar-refractivity contribution in [2.45, 2.75) is 41.5 Å². The van der Waals surface area contributed by atoms with E-state index >= 15 is 0 Å². The molecule has 0 saturated carbocycles. The molecule has 0 nitrogen and oxygen atoms in total. The summed E-state index contributed by atoms with van der Waals surface area (Å²) in [6.45, 7) is 13.0. The molecule has 0 radical (unpaired) electrons. The molecule has 25 heavy (non-hydrogen) atoms. The van der Waals surface area contributed by atoms with E-state index in [-0.39, 0.29) is 10.8 Å². The van der Waals surface area contributed by atoms with Crippen LogP contribution in [0.3, 0.4) is 0 Å². The van der Waals surface area contributed by atoms with E-state index in [0.717, 1.165) is 0 Å². The van der Waals surface area contributed by atoms with Crippen LogP contribution in [0, 0.1) is 32.2 Å². The molecule has 128 valence electrons. The molecule has 1 heteroatoms. The van der Waals surface area contributed by atoms with Gasteiger partial charge in [0.15, 0.2) is 0 Å². The summed E-state index contributed by atoms with van der Waals surface area (Å²) >= 11 is -3.14. The summed E-state index contributed by atoms with van der Waals surface area (Å²) < 4.78 is 10.1. The number of hydrogen-bond donors (Lipinski definition) is 0. The monoisotopic (exact) mass is 390 g/mol. The Morgan fingerprint density at radius 2 is 0.880 bits per heavy atom. The average Bonchev–Trinajstić information content (AvgIpc) is 2.55. The van der Waals surface area contributed by atoms with Crippen LogP contribution in [0.25, 0.3) is 0 Å². The third-order valence-electron chi connectivity index (χ3n) is 3.66. The van der Waals surface area contributed by atoms with E-state index in [1.807, 2.05) is 0 Å². The van der Waals surface area contributed by atoms with Crippen LogP contribution in [0.15, 0.2) is 60.7 Å². The second-order valence-corrected chi connectivity index (χ2v) is 15.1. The molecule has 0 aromatic heterocycles. The van der Waals surface area contributed by atoms with Gasteiger partial charge >= 0.3 is 156 Å². The van der Waals surface area contributed by atoms with Crippen molar-refractivity contribution >= 4 is 22.1 Å². The summed E-state index contributed by atoms with van der Waals surface area (Å²) in [5.41, 5.74) is -0.0764. The Labute approximate surface area is 156 Å². The molecule has 0 unspecified atom stereocenters. The number of rotatable bonds is 2. The van der Waals surface area contributed by atoms with E-state index in [9.17, 15) is 0 Å². The molecule has 0 heterocycles. The molecule has 0 N–H and O–H groups in total. The van der Waals surface area contributed by atoms with Gasteiger partial charge in [0.05, 0.1) is 0 Å². The third-order valence-corrected chi connectivity index (χ3v) is 10.8. The molecule has 0 atom stereocenters. The molecular formula is C24H28Ge. The Morgan fingerprint density at radius 3 is 1.16 bits per heavy atom. The second-order valence-electron chi connectivity index (χ2n) is 8.48. The van der Waals surface area contributed by atoms with Crippen LogP contribution in [-0.2, 0) is 0 Å². The van der Waals surface area contributed by atoms with Crippen molar-refractivity contribution in [1.29, 1.82) is 0 Å². The van der Waals surface area contributed by atoms with Gasteiger partial charge < -0.3 is 0 Å². The number of hydrogen-bond acceptors (Lipinski definition) is 0. The van der Waals surface area contributed by atoms with Gasteiger partial charge in [-0.1, -0.05) is 0 Å². The molecule has 2 rings (SSSR count). The zero-order chi connectivity index (χ0) is 18.6. The van der Waals surface area contributed by atoms with Crippen molar-refractivity contribution in [3.8, 4) is 21.3 Å². The zero-order valence-corrected chi connectivity index (χ0v) is 18.4. The quantitative estimate of drug-likeness (QED) is 0.527. The second kappa shape index (κ2) is 7.55. The Balaban J connectivity index is 2.82. The van der Waals surface area contributed by atoms with E-state index in [0.29, 0.717) is 0 Å². The van der Waals surface area contributed by atoms with E-state index < -0.39 is 13.3 Å². The summed E-state index contributed by atoms with van der Waals surface area (Å²) in [6.07, 6.45) is 0. The van der Waals surface area contributed by atoms with Gasteiger partial charge in [0.1, 0.15) is 0 Å². The Kier molecular flexibility index (Phi) is 5.87. The van der Waals surface area contributed by atoms with Gasteiger partial charge in [-0.2, -0.15) is 0 Å². The van der Waals surface area contributed by atoms with E-state index in [2.05, 4.69) is 124 Å².